The zero-order valence-corrected chi connectivity index (χ0v) is 24.0. The lowest BCUT2D eigenvalue weighted by Crippen LogP contribution is -2.36. The van der Waals surface area contributed by atoms with E-state index in [0.29, 0.717) is 32.3 Å². The van der Waals surface area contributed by atoms with Crippen LogP contribution in [-0.2, 0) is 11.3 Å². The normalized spacial score (nSPS) is 14.0. The Morgan fingerprint density at radius 1 is 1.11 bits per heavy atom. The molecule has 7 nitrogen and oxygen atoms in total. The molecule has 4 rings (SSSR count). The first-order valence-electron chi connectivity index (χ1n) is 13.1. The van der Waals surface area contributed by atoms with Gasteiger partial charge in [0.15, 0.2) is 0 Å². The molecule has 0 spiro atoms. The molecule has 4 N–H and O–H groups in total. The number of fused-ring (bicyclic) bond motifs is 1. The van der Waals surface area contributed by atoms with Crippen LogP contribution in [0, 0.1) is 11.2 Å². The van der Waals surface area contributed by atoms with Crippen LogP contribution >= 0.6 is 23.2 Å². The van der Waals surface area contributed by atoms with Gasteiger partial charge in [-0.15, -0.1) is 0 Å². The first-order chi connectivity index (χ1) is 18.0. The molecule has 0 unspecified atom stereocenters. The van der Waals surface area contributed by atoms with E-state index in [1.807, 2.05) is 34.6 Å². The third-order valence-corrected chi connectivity index (χ3v) is 7.04. The van der Waals surface area contributed by atoms with E-state index < -0.39 is 17.1 Å². The minimum atomic E-state index is -0.626. The summed E-state index contributed by atoms with van der Waals surface area (Å²) < 4.78 is 14.8. The van der Waals surface area contributed by atoms with Crippen molar-refractivity contribution in [3.8, 4) is 0 Å². The van der Waals surface area contributed by atoms with Gasteiger partial charge < -0.3 is 20.9 Å². The maximum Gasteiger partial charge on any atom is 0.254 e. The number of carbonyl (C=O) groups is 2. The van der Waals surface area contributed by atoms with E-state index in [1.165, 1.54) is 12.1 Å². The number of amides is 2. The summed E-state index contributed by atoms with van der Waals surface area (Å²) >= 11 is 13.0. The maximum absolute atomic E-state index is 14.8. The van der Waals surface area contributed by atoms with Gasteiger partial charge in [-0.3, -0.25) is 9.59 Å². The van der Waals surface area contributed by atoms with Gasteiger partial charge in [-0.25, -0.2) is 9.37 Å². The smallest absolute Gasteiger partial charge is 0.254 e. The second kappa shape index (κ2) is 12.8. The fourth-order valence-electron chi connectivity index (χ4n) is 4.18. The second-order valence-corrected chi connectivity index (χ2v) is 11.0. The number of anilines is 2. The molecule has 0 aliphatic heterocycles. The molecule has 1 aromatic heterocycles. The fraction of sp³-hybridized carbons (Fsp3) is 0.464. The van der Waals surface area contributed by atoms with Crippen LogP contribution in [0.2, 0.25) is 10.0 Å². The molecule has 1 saturated carbocycles. The van der Waals surface area contributed by atoms with E-state index in [-0.39, 0.29) is 30.0 Å². The Balaban J connectivity index is 0.00000195. The average Bonchev–Trinajstić information content (AvgIpc) is 3.27. The van der Waals surface area contributed by atoms with Crippen LogP contribution in [0.3, 0.4) is 0 Å². The summed E-state index contributed by atoms with van der Waals surface area (Å²) in [5.74, 6) is -0.881. The summed E-state index contributed by atoms with van der Waals surface area (Å²) in [4.78, 5) is 32.4. The first-order valence-corrected chi connectivity index (χ1v) is 13.8. The van der Waals surface area contributed by atoms with Gasteiger partial charge >= 0.3 is 0 Å². The van der Waals surface area contributed by atoms with E-state index in [1.54, 1.807) is 12.1 Å². The predicted molar refractivity (Wildman–Crippen MR) is 153 cm³/mol. The van der Waals surface area contributed by atoms with E-state index in [9.17, 15) is 14.0 Å². The molecule has 1 aliphatic carbocycles. The standard InChI is InChI=1S/C26H30Cl2FN5O2.C2H6/c1-26(2,3)24(36)30-13-14-9-10-17(27)22(21(14)28)34-25-32-19-11-16(18(29)12-20(19)33-25)23(35)31-15-7-5-4-6-8-15;1-2/h9-12,15H,4-8,13H2,1-3H3,(H,30,36)(H,31,35)(H2,32,33,34);1-2H3. The molecular formula is C28H36Cl2FN5O2. The van der Waals surface area contributed by atoms with Gasteiger partial charge in [-0.1, -0.05) is 83.1 Å². The van der Waals surface area contributed by atoms with Crippen LogP contribution in [-0.4, -0.2) is 27.8 Å². The van der Waals surface area contributed by atoms with E-state index >= 15 is 0 Å². The molecule has 1 aliphatic rings. The SMILES string of the molecule is CC.CC(C)(C)C(=O)NCc1ccc(Cl)c(Nc2nc3cc(C(=O)NC4CCCCC4)c(F)cc3[nH]2)c1Cl. The van der Waals surface area contributed by atoms with Crippen molar-refractivity contribution in [2.75, 3.05) is 5.32 Å². The molecule has 0 bridgehead atoms. The lowest BCUT2D eigenvalue weighted by atomic mass is 9.95. The Labute approximate surface area is 233 Å². The van der Waals surface area contributed by atoms with Gasteiger partial charge in [0.2, 0.25) is 11.9 Å². The molecule has 2 amide bonds. The average molecular weight is 565 g/mol. The van der Waals surface area contributed by atoms with Crippen LogP contribution < -0.4 is 16.0 Å². The highest BCUT2D eigenvalue weighted by molar-refractivity contribution is 6.39. The number of H-pyrrole nitrogens is 1. The largest absolute Gasteiger partial charge is 0.352 e. The summed E-state index contributed by atoms with van der Waals surface area (Å²) in [5, 5.41) is 9.54. The third kappa shape index (κ3) is 7.17. The van der Waals surface area contributed by atoms with Gasteiger partial charge in [0.1, 0.15) is 5.82 Å². The Bertz CT molecular complexity index is 1300. The first kappa shape index (κ1) is 29.7. The Kier molecular flexibility index (Phi) is 10.0. The van der Waals surface area contributed by atoms with Crippen LogP contribution in [0.1, 0.15) is 82.6 Å². The summed E-state index contributed by atoms with van der Waals surface area (Å²) in [5.41, 5.74) is 1.34. The van der Waals surface area contributed by atoms with E-state index in [2.05, 4.69) is 25.9 Å². The van der Waals surface area contributed by atoms with Crippen molar-refractivity contribution in [2.24, 2.45) is 5.41 Å². The number of nitrogens with zero attached hydrogens (tertiary/aromatic N) is 1. The van der Waals surface area contributed by atoms with E-state index in [4.69, 9.17) is 23.2 Å². The number of nitrogens with one attached hydrogen (secondary N) is 4. The quantitative estimate of drug-likeness (QED) is 0.249. The molecule has 38 heavy (non-hydrogen) atoms. The van der Waals surface area contributed by atoms with Crippen LogP contribution in [0.5, 0.6) is 0 Å². The number of aromatic nitrogens is 2. The minimum Gasteiger partial charge on any atom is -0.352 e. The van der Waals surface area contributed by atoms with Gasteiger partial charge in [0, 0.05) is 24.1 Å². The Morgan fingerprint density at radius 2 is 1.79 bits per heavy atom. The van der Waals surface area contributed by atoms with Crippen molar-refractivity contribution < 1.29 is 14.0 Å². The molecule has 206 valence electrons. The van der Waals surface area contributed by atoms with E-state index in [0.717, 1.165) is 32.1 Å². The number of benzene rings is 2. The van der Waals surface area contributed by atoms with Gasteiger partial charge in [0.05, 0.1) is 32.3 Å². The molecule has 1 fully saturated rings. The Hall–Kier alpha value is -2.84. The number of hydrogen-bond donors (Lipinski definition) is 4. The van der Waals surface area contributed by atoms with Crippen molar-refractivity contribution in [2.45, 2.75) is 79.3 Å². The highest BCUT2D eigenvalue weighted by Gasteiger charge is 2.22. The molecule has 0 saturated heterocycles. The number of hydrogen-bond acceptors (Lipinski definition) is 4. The topological polar surface area (TPSA) is 98.9 Å². The van der Waals surface area contributed by atoms with Crippen molar-refractivity contribution in [3.05, 3.63) is 51.3 Å². The molecule has 3 aromatic rings. The summed E-state index contributed by atoms with van der Waals surface area (Å²) in [6, 6.07) is 6.17. The Morgan fingerprint density at radius 3 is 2.45 bits per heavy atom. The lowest BCUT2D eigenvalue weighted by molar-refractivity contribution is -0.128. The number of rotatable bonds is 6. The molecular weight excluding hydrogens is 528 g/mol. The molecule has 0 atom stereocenters. The van der Waals surface area contributed by atoms with Gasteiger partial charge in [0.25, 0.3) is 5.91 Å². The summed E-state index contributed by atoms with van der Waals surface area (Å²) in [6.45, 7) is 9.71. The number of imidazole rings is 1. The molecule has 2 aromatic carbocycles. The minimum absolute atomic E-state index is 0.0428. The van der Waals surface area contributed by atoms with Crippen molar-refractivity contribution in [1.29, 1.82) is 0 Å². The highest BCUT2D eigenvalue weighted by atomic mass is 35.5. The number of halogens is 3. The van der Waals surface area contributed by atoms with Crippen molar-refractivity contribution in [1.82, 2.24) is 20.6 Å². The summed E-state index contributed by atoms with van der Waals surface area (Å²) in [7, 11) is 0. The fourth-order valence-corrected chi connectivity index (χ4v) is 4.71. The van der Waals surface area contributed by atoms with Gasteiger partial charge in [-0.2, -0.15) is 0 Å². The zero-order chi connectivity index (χ0) is 28.0. The zero-order valence-electron chi connectivity index (χ0n) is 22.5. The maximum atomic E-state index is 14.8. The summed E-state index contributed by atoms with van der Waals surface area (Å²) in [6.07, 6.45) is 5.11. The molecule has 1 heterocycles. The van der Waals surface area contributed by atoms with Gasteiger partial charge in [-0.05, 0) is 30.5 Å². The van der Waals surface area contributed by atoms with Crippen LogP contribution in [0.4, 0.5) is 16.0 Å². The second-order valence-electron chi connectivity index (χ2n) is 10.2. The number of carbonyl (C=O) groups excluding carboxylic acids is 2. The van der Waals surface area contributed by atoms with Crippen molar-refractivity contribution in [3.63, 3.8) is 0 Å². The highest BCUT2D eigenvalue weighted by Crippen LogP contribution is 2.35. The molecule has 10 heteroatoms. The van der Waals surface area contributed by atoms with Crippen LogP contribution in [0.25, 0.3) is 11.0 Å². The molecule has 0 radical (unpaired) electrons. The lowest BCUT2D eigenvalue weighted by Gasteiger charge is -2.22. The van der Waals surface area contributed by atoms with Crippen molar-refractivity contribution >= 4 is 57.7 Å². The third-order valence-electron chi connectivity index (χ3n) is 6.29. The number of aromatic amines is 1. The predicted octanol–water partition coefficient (Wildman–Crippen LogP) is 7.50. The monoisotopic (exact) mass is 563 g/mol. The van der Waals surface area contributed by atoms with Crippen LogP contribution in [0.15, 0.2) is 24.3 Å².